The molecular formula is C11H18O7. The maximum atomic E-state index is 11.6. The topological polar surface area (TPSA) is 80.3 Å². The number of carbonyl (C=O) groups is 2. The molecule has 0 saturated carbocycles. The average molecular weight is 262 g/mol. The first-order chi connectivity index (χ1) is 8.65. The average Bonchev–Trinajstić information content (AvgIpc) is 2.36. The Morgan fingerprint density at radius 1 is 1.33 bits per heavy atom. The predicted octanol–water partition coefficient (Wildman–Crippen LogP) is 0.364. The van der Waals surface area contributed by atoms with Crippen molar-refractivity contribution in [2.45, 2.75) is 13.0 Å². The summed E-state index contributed by atoms with van der Waals surface area (Å²) in [6.07, 6.45) is -1.74. The molecule has 7 nitrogen and oxygen atoms in total. The van der Waals surface area contributed by atoms with Crippen LogP contribution in [0.25, 0.3) is 0 Å². The zero-order chi connectivity index (χ0) is 13.4. The van der Waals surface area contributed by atoms with E-state index in [0.717, 1.165) is 0 Å². The van der Waals surface area contributed by atoms with E-state index >= 15 is 0 Å². The third-order valence-electron chi connectivity index (χ3n) is 2.34. The van der Waals surface area contributed by atoms with Crippen molar-refractivity contribution in [2.24, 2.45) is 5.92 Å². The first-order valence-electron chi connectivity index (χ1n) is 5.72. The Morgan fingerprint density at radius 2 is 2.06 bits per heavy atom. The first-order valence-corrected chi connectivity index (χ1v) is 5.72. The number of hydrogen-bond donors (Lipinski definition) is 0. The first kappa shape index (κ1) is 14.7. The Morgan fingerprint density at radius 3 is 2.78 bits per heavy atom. The Kier molecular flexibility index (Phi) is 6.45. The van der Waals surface area contributed by atoms with Crippen molar-refractivity contribution in [1.29, 1.82) is 0 Å². The molecule has 0 aliphatic carbocycles. The lowest BCUT2D eigenvalue weighted by atomic mass is 10.1. The van der Waals surface area contributed by atoms with Crippen LogP contribution in [0, 0.1) is 5.92 Å². The van der Waals surface area contributed by atoms with Crippen LogP contribution in [-0.4, -0.2) is 58.4 Å². The van der Waals surface area contributed by atoms with Crippen LogP contribution in [0.3, 0.4) is 0 Å². The Hall–Kier alpha value is -1.34. The summed E-state index contributed by atoms with van der Waals surface area (Å²) in [5, 5.41) is 0. The fourth-order valence-corrected chi connectivity index (χ4v) is 1.35. The molecule has 1 rings (SSSR count). The van der Waals surface area contributed by atoms with Crippen molar-refractivity contribution in [1.82, 2.24) is 0 Å². The summed E-state index contributed by atoms with van der Waals surface area (Å²) < 4.78 is 24.2. The van der Waals surface area contributed by atoms with Crippen molar-refractivity contribution in [3.05, 3.63) is 0 Å². The number of ether oxygens (including phenoxy) is 5. The Bertz CT molecular complexity index is 279. The minimum Gasteiger partial charge on any atom is -0.460 e. The largest absolute Gasteiger partial charge is 0.509 e. The standard InChI is InChI=1S/C11H18O7/c1-8-7-17-11(13)18-9(8)10(12)16-6-5-15-4-3-14-2/h8-9H,3-7H2,1-2H3. The maximum Gasteiger partial charge on any atom is 0.509 e. The second-order valence-corrected chi connectivity index (χ2v) is 3.85. The molecule has 0 spiro atoms. The highest BCUT2D eigenvalue weighted by Gasteiger charge is 2.35. The third kappa shape index (κ3) is 4.89. The quantitative estimate of drug-likeness (QED) is 0.484. The minimum absolute atomic E-state index is 0.115. The Labute approximate surface area is 105 Å². The van der Waals surface area contributed by atoms with Crippen molar-refractivity contribution in [2.75, 3.05) is 40.1 Å². The van der Waals surface area contributed by atoms with Crippen LogP contribution in [0.2, 0.25) is 0 Å². The fraction of sp³-hybridized carbons (Fsp3) is 0.818. The summed E-state index contributed by atoms with van der Waals surface area (Å²) in [7, 11) is 1.57. The highest BCUT2D eigenvalue weighted by atomic mass is 16.7. The van der Waals surface area contributed by atoms with Gasteiger partial charge in [-0.25, -0.2) is 9.59 Å². The SMILES string of the molecule is COCCOCCOC(=O)C1OC(=O)OCC1C. The lowest BCUT2D eigenvalue weighted by Crippen LogP contribution is -2.42. The van der Waals surface area contributed by atoms with Gasteiger partial charge >= 0.3 is 12.1 Å². The van der Waals surface area contributed by atoms with E-state index < -0.39 is 18.2 Å². The molecule has 2 atom stereocenters. The van der Waals surface area contributed by atoms with Gasteiger partial charge in [0.15, 0.2) is 0 Å². The highest BCUT2D eigenvalue weighted by Crippen LogP contribution is 2.16. The number of hydrogen-bond acceptors (Lipinski definition) is 7. The van der Waals surface area contributed by atoms with Gasteiger partial charge in [-0.2, -0.15) is 0 Å². The van der Waals surface area contributed by atoms with E-state index in [1.807, 2.05) is 0 Å². The van der Waals surface area contributed by atoms with Crippen LogP contribution in [0.4, 0.5) is 4.79 Å². The van der Waals surface area contributed by atoms with Crippen LogP contribution in [0.15, 0.2) is 0 Å². The molecule has 0 amide bonds. The van der Waals surface area contributed by atoms with Gasteiger partial charge < -0.3 is 23.7 Å². The number of rotatable bonds is 7. The molecule has 1 heterocycles. The van der Waals surface area contributed by atoms with Gasteiger partial charge in [0, 0.05) is 13.0 Å². The molecule has 0 radical (unpaired) electrons. The number of cyclic esters (lactones) is 2. The van der Waals surface area contributed by atoms with Gasteiger partial charge in [0.2, 0.25) is 6.10 Å². The van der Waals surface area contributed by atoms with Gasteiger partial charge in [-0.3, -0.25) is 0 Å². The molecule has 18 heavy (non-hydrogen) atoms. The van der Waals surface area contributed by atoms with Crippen LogP contribution in [-0.2, 0) is 28.5 Å². The van der Waals surface area contributed by atoms with E-state index in [1.165, 1.54) is 0 Å². The van der Waals surface area contributed by atoms with Crippen LogP contribution < -0.4 is 0 Å². The predicted molar refractivity (Wildman–Crippen MR) is 59.0 cm³/mol. The second kappa shape index (κ2) is 7.88. The Balaban J connectivity index is 2.17. The molecule has 0 aromatic carbocycles. The molecule has 7 heteroatoms. The van der Waals surface area contributed by atoms with Crippen LogP contribution in [0.5, 0.6) is 0 Å². The maximum absolute atomic E-state index is 11.6. The molecular weight excluding hydrogens is 244 g/mol. The molecule has 0 aromatic heterocycles. The van der Waals surface area contributed by atoms with Gasteiger partial charge in [-0.15, -0.1) is 0 Å². The summed E-state index contributed by atoms with van der Waals surface area (Å²) in [4.78, 5) is 22.5. The number of esters is 1. The zero-order valence-electron chi connectivity index (χ0n) is 10.5. The molecule has 104 valence electrons. The summed E-state index contributed by atoms with van der Waals surface area (Å²) in [6.45, 7) is 3.22. The van der Waals surface area contributed by atoms with E-state index in [4.69, 9.17) is 18.9 Å². The van der Waals surface area contributed by atoms with Crippen LogP contribution >= 0.6 is 0 Å². The molecule has 0 bridgehead atoms. The van der Waals surface area contributed by atoms with Gasteiger partial charge in [0.05, 0.1) is 19.8 Å². The molecule has 1 aliphatic rings. The van der Waals surface area contributed by atoms with E-state index in [0.29, 0.717) is 13.2 Å². The smallest absolute Gasteiger partial charge is 0.460 e. The zero-order valence-corrected chi connectivity index (χ0v) is 10.5. The second-order valence-electron chi connectivity index (χ2n) is 3.85. The van der Waals surface area contributed by atoms with Crippen molar-refractivity contribution < 1.29 is 33.3 Å². The van der Waals surface area contributed by atoms with Gasteiger partial charge in [0.25, 0.3) is 0 Å². The minimum atomic E-state index is -0.898. The molecule has 1 aliphatic heterocycles. The summed E-state index contributed by atoms with van der Waals surface area (Å²) in [5.41, 5.74) is 0. The number of carbonyl (C=O) groups excluding carboxylic acids is 2. The van der Waals surface area contributed by atoms with Gasteiger partial charge in [0.1, 0.15) is 13.2 Å². The lowest BCUT2D eigenvalue weighted by Gasteiger charge is -2.26. The summed E-state index contributed by atoms with van der Waals surface area (Å²) in [5.74, 6) is -0.792. The lowest BCUT2D eigenvalue weighted by molar-refractivity contribution is -0.165. The van der Waals surface area contributed by atoms with Crippen molar-refractivity contribution >= 4 is 12.1 Å². The normalized spacial score (nSPS) is 23.1. The molecule has 0 N–H and O–H groups in total. The molecule has 1 fully saturated rings. The summed E-state index contributed by atoms with van der Waals surface area (Å²) >= 11 is 0. The van der Waals surface area contributed by atoms with Crippen molar-refractivity contribution in [3.8, 4) is 0 Å². The van der Waals surface area contributed by atoms with Gasteiger partial charge in [-0.05, 0) is 0 Å². The number of methoxy groups -OCH3 is 1. The van der Waals surface area contributed by atoms with E-state index in [9.17, 15) is 9.59 Å². The van der Waals surface area contributed by atoms with E-state index in [1.54, 1.807) is 14.0 Å². The van der Waals surface area contributed by atoms with Crippen molar-refractivity contribution in [3.63, 3.8) is 0 Å². The van der Waals surface area contributed by atoms with E-state index in [-0.39, 0.29) is 25.7 Å². The molecule has 0 aromatic rings. The monoisotopic (exact) mass is 262 g/mol. The third-order valence-corrected chi connectivity index (χ3v) is 2.34. The summed E-state index contributed by atoms with van der Waals surface area (Å²) in [6, 6.07) is 0. The highest BCUT2D eigenvalue weighted by molar-refractivity contribution is 5.78. The molecule has 2 unspecified atom stereocenters. The van der Waals surface area contributed by atoms with Gasteiger partial charge in [-0.1, -0.05) is 6.92 Å². The van der Waals surface area contributed by atoms with E-state index in [2.05, 4.69) is 4.74 Å². The van der Waals surface area contributed by atoms with Crippen LogP contribution in [0.1, 0.15) is 6.92 Å². The fourth-order valence-electron chi connectivity index (χ4n) is 1.35. The molecule has 1 saturated heterocycles.